The lowest BCUT2D eigenvalue weighted by atomic mass is 9.87. The molecule has 0 radical (unpaired) electrons. The van der Waals surface area contributed by atoms with Gasteiger partial charge in [0.25, 0.3) is 0 Å². The van der Waals surface area contributed by atoms with E-state index in [2.05, 4.69) is 182 Å². The van der Waals surface area contributed by atoms with Crippen molar-refractivity contribution < 1.29 is 4.42 Å². The van der Waals surface area contributed by atoms with Crippen molar-refractivity contribution in [1.82, 2.24) is 0 Å². The molecule has 12 aromatic carbocycles. The molecule has 0 unspecified atom stereocenters. The number of rotatable bonds is 4. The summed E-state index contributed by atoms with van der Waals surface area (Å²) in [7, 11) is 0. The lowest BCUT2D eigenvalue weighted by Crippen LogP contribution is -1.90. The van der Waals surface area contributed by atoms with Crippen LogP contribution in [0, 0.1) is 0 Å². The molecular weight excluding hydrogens is 689 g/mol. The molecule has 0 amide bonds. The summed E-state index contributed by atoms with van der Waals surface area (Å²) >= 11 is 0. The van der Waals surface area contributed by atoms with Crippen LogP contribution < -0.4 is 0 Å². The summed E-state index contributed by atoms with van der Waals surface area (Å²) in [6.07, 6.45) is 0. The first-order valence-electron chi connectivity index (χ1n) is 19.7. The van der Waals surface area contributed by atoms with Gasteiger partial charge in [0, 0.05) is 10.8 Å². The molecule has 0 bridgehead atoms. The molecule has 0 saturated carbocycles. The molecule has 0 N–H and O–H groups in total. The highest BCUT2D eigenvalue weighted by Crippen LogP contribution is 2.43. The zero-order chi connectivity index (χ0) is 37.2. The van der Waals surface area contributed by atoms with Crippen LogP contribution in [0.15, 0.2) is 199 Å². The van der Waals surface area contributed by atoms with Gasteiger partial charge in [-0.05, 0) is 146 Å². The first-order valence-corrected chi connectivity index (χ1v) is 19.7. The monoisotopic (exact) mass is 720 g/mol. The first-order chi connectivity index (χ1) is 28.2. The average Bonchev–Trinajstić information content (AvgIpc) is 3.65. The van der Waals surface area contributed by atoms with Gasteiger partial charge in [-0.1, -0.05) is 158 Å². The summed E-state index contributed by atoms with van der Waals surface area (Å²) in [6.45, 7) is 0. The predicted octanol–water partition coefficient (Wildman–Crippen LogP) is 16.0. The summed E-state index contributed by atoms with van der Waals surface area (Å²) in [5.41, 5.74) is 11.5. The maximum Gasteiger partial charge on any atom is 0.135 e. The number of para-hydroxylation sites is 1. The van der Waals surface area contributed by atoms with E-state index in [9.17, 15) is 0 Å². The molecule has 0 aliphatic carbocycles. The van der Waals surface area contributed by atoms with Crippen molar-refractivity contribution in [3.63, 3.8) is 0 Å². The molecule has 0 spiro atoms. The van der Waals surface area contributed by atoms with Gasteiger partial charge in [0.15, 0.2) is 0 Å². The van der Waals surface area contributed by atoms with Crippen molar-refractivity contribution in [1.29, 1.82) is 0 Å². The summed E-state index contributed by atoms with van der Waals surface area (Å²) in [6, 6.07) is 71.9. The Hall–Kier alpha value is -7.48. The van der Waals surface area contributed by atoms with Gasteiger partial charge in [0.05, 0.1) is 0 Å². The average molecular weight is 721 g/mol. The standard InChI is InChI=1S/C56H32O/c1-2-10-51-47(9-1)50-32-41(23-28-52(50)57-51)43-29-42(30-44(31-43)46-25-20-40-18-16-36-6-4-8-38-22-27-49(46)56(40)54(36)38)33-11-13-34(14-12-33)45-24-19-39-17-15-35-5-3-7-37-21-26-48(45)55(39)53(35)37/h1-32H. The molecule has 13 aromatic rings. The van der Waals surface area contributed by atoms with Gasteiger partial charge in [-0.2, -0.15) is 0 Å². The van der Waals surface area contributed by atoms with E-state index in [0.29, 0.717) is 0 Å². The summed E-state index contributed by atoms with van der Waals surface area (Å²) in [5, 5.41) is 17.9. The van der Waals surface area contributed by atoms with Crippen LogP contribution in [-0.2, 0) is 0 Å². The second-order valence-electron chi connectivity index (χ2n) is 15.6. The molecule has 57 heavy (non-hydrogen) atoms. The Morgan fingerprint density at radius 1 is 0.228 bits per heavy atom. The second kappa shape index (κ2) is 11.5. The van der Waals surface area contributed by atoms with Crippen LogP contribution in [0.2, 0.25) is 0 Å². The fraction of sp³-hybridized carbons (Fsp3) is 0. The number of fused-ring (bicyclic) bond motifs is 3. The molecule has 1 aromatic heterocycles. The summed E-state index contributed by atoms with van der Waals surface area (Å²) in [4.78, 5) is 0. The molecule has 1 nitrogen and oxygen atoms in total. The van der Waals surface area contributed by atoms with Crippen molar-refractivity contribution in [2.75, 3.05) is 0 Å². The maximum absolute atomic E-state index is 6.24. The maximum atomic E-state index is 6.24. The zero-order valence-corrected chi connectivity index (χ0v) is 30.9. The number of hydrogen-bond donors (Lipinski definition) is 0. The predicted molar refractivity (Wildman–Crippen MR) is 243 cm³/mol. The van der Waals surface area contributed by atoms with E-state index in [1.165, 1.54) is 109 Å². The van der Waals surface area contributed by atoms with Crippen molar-refractivity contribution in [2.45, 2.75) is 0 Å². The molecule has 0 saturated heterocycles. The fourth-order valence-corrected chi connectivity index (χ4v) is 9.84. The van der Waals surface area contributed by atoms with Crippen LogP contribution in [0.5, 0.6) is 0 Å². The second-order valence-corrected chi connectivity index (χ2v) is 15.6. The fourth-order valence-electron chi connectivity index (χ4n) is 9.84. The molecule has 0 fully saturated rings. The highest BCUT2D eigenvalue weighted by atomic mass is 16.3. The van der Waals surface area contributed by atoms with Crippen LogP contribution >= 0.6 is 0 Å². The SMILES string of the molecule is c1cc2ccc3ccc(-c4ccc(-c5cc(-c6ccc7oc8ccccc8c7c6)cc(-c6ccc7ccc8cccc9ccc6c7c89)c5)cc4)c4ccc(c1)c2c34. The minimum absolute atomic E-state index is 0.908. The Morgan fingerprint density at radius 2 is 0.684 bits per heavy atom. The normalized spacial score (nSPS) is 12.2. The van der Waals surface area contributed by atoms with E-state index in [1.54, 1.807) is 0 Å². The number of benzene rings is 12. The molecule has 1 heteroatoms. The molecule has 0 atom stereocenters. The van der Waals surface area contributed by atoms with Crippen LogP contribution in [0.4, 0.5) is 0 Å². The Morgan fingerprint density at radius 3 is 1.32 bits per heavy atom. The van der Waals surface area contributed by atoms with E-state index in [4.69, 9.17) is 4.42 Å². The van der Waals surface area contributed by atoms with Crippen LogP contribution in [0.25, 0.3) is 131 Å². The minimum Gasteiger partial charge on any atom is -0.456 e. The Labute approximate surface area is 328 Å². The molecular formula is C56H32O. The third kappa shape index (κ3) is 4.51. The third-order valence-corrected chi connectivity index (χ3v) is 12.5. The van der Waals surface area contributed by atoms with Gasteiger partial charge in [-0.25, -0.2) is 0 Å². The van der Waals surface area contributed by atoms with Gasteiger partial charge in [-0.3, -0.25) is 0 Å². The van der Waals surface area contributed by atoms with Crippen molar-refractivity contribution in [2.24, 2.45) is 0 Å². The van der Waals surface area contributed by atoms with E-state index in [1.807, 2.05) is 12.1 Å². The van der Waals surface area contributed by atoms with Gasteiger partial charge in [-0.15, -0.1) is 0 Å². The van der Waals surface area contributed by atoms with Crippen LogP contribution in [-0.4, -0.2) is 0 Å². The summed E-state index contributed by atoms with van der Waals surface area (Å²) < 4.78 is 6.24. The minimum atomic E-state index is 0.908. The lowest BCUT2D eigenvalue weighted by Gasteiger charge is -2.17. The summed E-state index contributed by atoms with van der Waals surface area (Å²) in [5.74, 6) is 0. The Balaban J connectivity index is 1.00. The Kier molecular flexibility index (Phi) is 6.23. The van der Waals surface area contributed by atoms with Crippen molar-refractivity contribution in [3.05, 3.63) is 194 Å². The largest absolute Gasteiger partial charge is 0.456 e. The quantitative estimate of drug-likeness (QED) is 0.165. The first kappa shape index (κ1) is 30.8. The third-order valence-electron chi connectivity index (χ3n) is 12.5. The van der Waals surface area contributed by atoms with Gasteiger partial charge >= 0.3 is 0 Å². The lowest BCUT2D eigenvalue weighted by molar-refractivity contribution is 0.669. The molecule has 262 valence electrons. The van der Waals surface area contributed by atoms with Crippen molar-refractivity contribution >= 4 is 86.6 Å². The van der Waals surface area contributed by atoms with E-state index < -0.39 is 0 Å². The number of furan rings is 1. The van der Waals surface area contributed by atoms with Gasteiger partial charge in [0.1, 0.15) is 11.2 Å². The molecule has 0 aliphatic rings. The Bertz CT molecular complexity index is 3700. The van der Waals surface area contributed by atoms with Gasteiger partial charge < -0.3 is 4.42 Å². The van der Waals surface area contributed by atoms with Crippen LogP contribution in [0.3, 0.4) is 0 Å². The molecule has 1 heterocycles. The number of hydrogen-bond acceptors (Lipinski definition) is 1. The van der Waals surface area contributed by atoms with Gasteiger partial charge in [0.2, 0.25) is 0 Å². The highest BCUT2D eigenvalue weighted by molar-refractivity contribution is 6.27. The van der Waals surface area contributed by atoms with E-state index in [0.717, 1.165) is 21.9 Å². The van der Waals surface area contributed by atoms with E-state index in [-0.39, 0.29) is 0 Å². The zero-order valence-electron chi connectivity index (χ0n) is 30.9. The highest BCUT2D eigenvalue weighted by Gasteiger charge is 2.17. The molecule has 13 rings (SSSR count). The smallest absolute Gasteiger partial charge is 0.135 e. The van der Waals surface area contributed by atoms with Crippen molar-refractivity contribution in [3.8, 4) is 44.5 Å². The van der Waals surface area contributed by atoms with E-state index >= 15 is 0 Å². The van der Waals surface area contributed by atoms with Crippen LogP contribution in [0.1, 0.15) is 0 Å². The topological polar surface area (TPSA) is 13.1 Å². The molecule has 0 aliphatic heterocycles.